The lowest BCUT2D eigenvalue weighted by Crippen LogP contribution is -2.09. The monoisotopic (exact) mass is 271 g/mol. The summed E-state index contributed by atoms with van der Waals surface area (Å²) >= 11 is 0. The van der Waals surface area contributed by atoms with Crippen LogP contribution in [0.1, 0.15) is 0 Å². The van der Waals surface area contributed by atoms with Crippen molar-refractivity contribution in [3.8, 4) is 11.6 Å². The van der Waals surface area contributed by atoms with Gasteiger partial charge in [0.05, 0.1) is 18.1 Å². The summed E-state index contributed by atoms with van der Waals surface area (Å²) in [4.78, 5) is 5.99. The van der Waals surface area contributed by atoms with Crippen LogP contribution >= 0.6 is 0 Å². The molecule has 0 radical (unpaired) electrons. The first kappa shape index (κ1) is 12.2. The Morgan fingerprint density at radius 1 is 1.25 bits per heavy atom. The number of nitrogen functional groups attached to an aromatic ring is 1. The first-order chi connectivity index (χ1) is 9.65. The third kappa shape index (κ3) is 2.07. The quantitative estimate of drug-likeness (QED) is 0.709. The van der Waals surface area contributed by atoms with E-state index in [9.17, 15) is 0 Å². The predicted octanol–water partition coefficient (Wildman–Crippen LogP) is 0.960. The van der Waals surface area contributed by atoms with Gasteiger partial charge in [-0.2, -0.15) is 4.52 Å². The number of nitrogens with two attached hydrogens (primary N) is 1. The van der Waals surface area contributed by atoms with Crippen LogP contribution in [-0.2, 0) is 0 Å². The summed E-state index contributed by atoms with van der Waals surface area (Å²) in [5, 5.41) is 11.2. The van der Waals surface area contributed by atoms with Gasteiger partial charge in [-0.05, 0) is 22.6 Å². The smallest absolute Gasteiger partial charge is 0.242 e. The van der Waals surface area contributed by atoms with Gasteiger partial charge in [0, 0.05) is 25.8 Å². The van der Waals surface area contributed by atoms with Gasteiger partial charge >= 0.3 is 0 Å². The zero-order chi connectivity index (χ0) is 14.1. The summed E-state index contributed by atoms with van der Waals surface area (Å²) in [5.41, 5.74) is 7.94. The fourth-order valence-electron chi connectivity index (χ4n) is 1.73. The normalized spacial score (nSPS) is 10.7. The number of ether oxygens (including phenoxy) is 1. The van der Waals surface area contributed by atoms with Crippen molar-refractivity contribution in [3.63, 3.8) is 0 Å². The number of hydrogen-bond donors (Lipinski definition) is 1. The van der Waals surface area contributed by atoms with Gasteiger partial charge in [-0.3, -0.25) is 4.98 Å². The minimum absolute atomic E-state index is 0.398. The average molecular weight is 271 g/mol. The molecule has 0 aliphatic carbocycles. The second-order valence-electron chi connectivity index (χ2n) is 4.41. The number of tetrazole rings is 1. The average Bonchev–Trinajstić information content (AvgIpc) is 2.90. The molecule has 0 spiro atoms. The Morgan fingerprint density at radius 2 is 2.10 bits per heavy atom. The molecule has 0 aliphatic heterocycles. The van der Waals surface area contributed by atoms with Crippen LogP contribution in [0.5, 0.6) is 11.6 Å². The van der Waals surface area contributed by atoms with E-state index in [2.05, 4.69) is 20.5 Å². The van der Waals surface area contributed by atoms with Crippen LogP contribution in [0.3, 0.4) is 0 Å². The minimum atomic E-state index is 0.398. The lowest BCUT2D eigenvalue weighted by molar-refractivity contribution is 0.444. The molecule has 0 fully saturated rings. The van der Waals surface area contributed by atoms with E-state index in [1.807, 2.05) is 31.1 Å². The highest BCUT2D eigenvalue weighted by molar-refractivity contribution is 5.62. The van der Waals surface area contributed by atoms with E-state index in [1.54, 1.807) is 12.3 Å². The van der Waals surface area contributed by atoms with Gasteiger partial charge in [-0.15, -0.1) is 5.10 Å². The Hall–Kier alpha value is -2.90. The number of benzene rings is 1. The van der Waals surface area contributed by atoms with Crippen molar-refractivity contribution < 1.29 is 4.74 Å². The lowest BCUT2D eigenvalue weighted by atomic mass is 10.2. The molecule has 1 aromatic carbocycles. The molecule has 0 amide bonds. The van der Waals surface area contributed by atoms with Crippen LogP contribution in [0.15, 0.2) is 30.6 Å². The summed E-state index contributed by atoms with van der Waals surface area (Å²) in [6.07, 6.45) is 3.08. The van der Waals surface area contributed by atoms with E-state index >= 15 is 0 Å². The molecule has 2 heterocycles. The standard InChI is InChI=1S/C12H13N7O/c1-18(2)8-3-4-9(13)10(5-8)20-12-7-14-6-11-15-16-17-19(11)12/h3-7H,13H2,1-2H3. The number of hydrogen-bond acceptors (Lipinski definition) is 7. The molecule has 8 nitrogen and oxygen atoms in total. The molecule has 0 aliphatic rings. The first-order valence-corrected chi connectivity index (χ1v) is 5.92. The zero-order valence-electron chi connectivity index (χ0n) is 11.1. The molecule has 8 heteroatoms. The molecule has 0 atom stereocenters. The number of anilines is 2. The van der Waals surface area contributed by atoms with Crippen LogP contribution in [0.2, 0.25) is 0 Å². The summed E-state index contributed by atoms with van der Waals surface area (Å²) in [6, 6.07) is 5.55. The Labute approximate surface area is 114 Å². The van der Waals surface area contributed by atoms with Crippen LogP contribution in [0.25, 0.3) is 5.65 Å². The molecular weight excluding hydrogens is 258 g/mol. The van der Waals surface area contributed by atoms with E-state index in [0.717, 1.165) is 5.69 Å². The molecule has 0 unspecified atom stereocenters. The summed E-state index contributed by atoms with van der Waals surface area (Å²) in [7, 11) is 3.89. The minimum Gasteiger partial charge on any atom is -0.435 e. The van der Waals surface area contributed by atoms with E-state index in [0.29, 0.717) is 23.0 Å². The Kier molecular flexibility index (Phi) is 2.82. The Bertz CT molecular complexity index is 752. The molecule has 3 rings (SSSR count). The van der Waals surface area contributed by atoms with Gasteiger partial charge < -0.3 is 15.4 Å². The molecule has 102 valence electrons. The Morgan fingerprint density at radius 3 is 2.90 bits per heavy atom. The van der Waals surface area contributed by atoms with Crippen LogP contribution in [0, 0.1) is 0 Å². The van der Waals surface area contributed by atoms with Crippen molar-refractivity contribution in [3.05, 3.63) is 30.6 Å². The third-order valence-electron chi connectivity index (χ3n) is 2.81. The fraction of sp³-hybridized carbons (Fsp3) is 0.167. The van der Waals surface area contributed by atoms with Crippen LogP contribution < -0.4 is 15.4 Å². The Balaban J connectivity index is 2.02. The van der Waals surface area contributed by atoms with Crippen molar-refractivity contribution in [1.29, 1.82) is 0 Å². The number of fused-ring (bicyclic) bond motifs is 1. The first-order valence-electron chi connectivity index (χ1n) is 5.92. The number of aromatic nitrogens is 5. The highest BCUT2D eigenvalue weighted by atomic mass is 16.5. The van der Waals surface area contributed by atoms with Crippen molar-refractivity contribution in [2.45, 2.75) is 0 Å². The van der Waals surface area contributed by atoms with Crippen molar-refractivity contribution in [2.24, 2.45) is 0 Å². The summed E-state index contributed by atoms with van der Waals surface area (Å²) < 4.78 is 7.23. The van der Waals surface area contributed by atoms with E-state index < -0.39 is 0 Å². The molecule has 3 aromatic rings. The van der Waals surface area contributed by atoms with E-state index in [4.69, 9.17) is 10.5 Å². The molecule has 0 bridgehead atoms. The second-order valence-corrected chi connectivity index (χ2v) is 4.41. The maximum Gasteiger partial charge on any atom is 0.242 e. The lowest BCUT2D eigenvalue weighted by Gasteiger charge is -2.15. The third-order valence-corrected chi connectivity index (χ3v) is 2.81. The molecular formula is C12H13N7O. The van der Waals surface area contributed by atoms with E-state index in [1.165, 1.54) is 10.7 Å². The van der Waals surface area contributed by atoms with Crippen molar-refractivity contribution in [1.82, 2.24) is 25.0 Å². The van der Waals surface area contributed by atoms with Crippen LogP contribution in [-0.4, -0.2) is 39.1 Å². The molecule has 0 saturated heterocycles. The van der Waals surface area contributed by atoms with Gasteiger partial charge in [-0.1, -0.05) is 0 Å². The molecule has 0 saturated carbocycles. The largest absolute Gasteiger partial charge is 0.435 e. The fourth-order valence-corrected chi connectivity index (χ4v) is 1.73. The van der Waals surface area contributed by atoms with Gasteiger partial charge in [0.25, 0.3) is 0 Å². The van der Waals surface area contributed by atoms with E-state index in [-0.39, 0.29) is 0 Å². The summed E-state index contributed by atoms with van der Waals surface area (Å²) in [6.45, 7) is 0. The summed E-state index contributed by atoms with van der Waals surface area (Å²) in [5.74, 6) is 0.927. The maximum atomic E-state index is 5.93. The van der Waals surface area contributed by atoms with Gasteiger partial charge in [0.2, 0.25) is 11.5 Å². The van der Waals surface area contributed by atoms with Gasteiger partial charge in [0.15, 0.2) is 5.75 Å². The number of rotatable bonds is 3. The van der Waals surface area contributed by atoms with Crippen molar-refractivity contribution in [2.75, 3.05) is 24.7 Å². The number of nitrogens with zero attached hydrogens (tertiary/aromatic N) is 6. The second kappa shape index (κ2) is 4.65. The highest BCUT2D eigenvalue weighted by Crippen LogP contribution is 2.30. The highest BCUT2D eigenvalue weighted by Gasteiger charge is 2.10. The molecule has 2 aromatic heterocycles. The van der Waals surface area contributed by atoms with Crippen LogP contribution in [0.4, 0.5) is 11.4 Å². The molecule has 20 heavy (non-hydrogen) atoms. The van der Waals surface area contributed by atoms with Crippen molar-refractivity contribution >= 4 is 17.0 Å². The zero-order valence-corrected chi connectivity index (χ0v) is 11.1. The molecule has 2 N–H and O–H groups in total. The topological polar surface area (TPSA) is 94.5 Å². The van der Waals surface area contributed by atoms with Gasteiger partial charge in [-0.25, -0.2) is 0 Å². The maximum absolute atomic E-state index is 5.93. The van der Waals surface area contributed by atoms with Gasteiger partial charge in [0.1, 0.15) is 0 Å². The predicted molar refractivity (Wildman–Crippen MR) is 73.8 cm³/mol. The SMILES string of the molecule is CN(C)c1ccc(N)c(Oc2cncc3nnnn23)c1.